The number of aromatic nitrogens is 2. The van der Waals surface area contributed by atoms with E-state index in [9.17, 15) is 14.4 Å². The Kier molecular flexibility index (Phi) is 6.18. The average molecular weight is 298 g/mol. The number of likely N-dealkylation sites (N-methyl/N-ethyl adjacent to an activating group) is 1. The largest absolute Gasteiger partial charge is 0.480 e. The van der Waals surface area contributed by atoms with Crippen LogP contribution in [-0.4, -0.2) is 64.2 Å². The molecule has 0 aliphatic heterocycles. The fourth-order valence-corrected chi connectivity index (χ4v) is 1.60. The maximum absolute atomic E-state index is 12.0. The van der Waals surface area contributed by atoms with Crippen LogP contribution in [0.2, 0.25) is 0 Å². The van der Waals surface area contributed by atoms with Gasteiger partial charge in [-0.3, -0.25) is 4.79 Å². The SMILES string of the molecule is CCN(CC(=O)OC)C(=O)N[C@@H](Cc1cnc[nH]1)C(=O)O. The predicted octanol–water partition coefficient (Wildman–Crippen LogP) is -0.390. The number of hydrogen-bond acceptors (Lipinski definition) is 5. The summed E-state index contributed by atoms with van der Waals surface area (Å²) in [6.45, 7) is 1.68. The number of carboxylic acids is 1. The van der Waals surface area contributed by atoms with E-state index in [0.717, 1.165) is 4.90 Å². The fraction of sp³-hybridized carbons (Fsp3) is 0.500. The normalized spacial score (nSPS) is 11.5. The van der Waals surface area contributed by atoms with E-state index in [1.807, 2.05) is 0 Å². The Hall–Kier alpha value is -2.58. The number of urea groups is 1. The van der Waals surface area contributed by atoms with Crippen LogP contribution in [0.3, 0.4) is 0 Å². The van der Waals surface area contributed by atoms with Gasteiger partial charge in [-0.05, 0) is 6.92 Å². The molecule has 1 aromatic heterocycles. The van der Waals surface area contributed by atoms with E-state index in [2.05, 4.69) is 20.0 Å². The molecular formula is C12H18N4O5. The highest BCUT2D eigenvalue weighted by Gasteiger charge is 2.24. The highest BCUT2D eigenvalue weighted by molar-refractivity contribution is 5.85. The number of carbonyl (C=O) groups excluding carboxylic acids is 2. The third-order valence-electron chi connectivity index (χ3n) is 2.79. The van der Waals surface area contributed by atoms with Gasteiger partial charge in [0.15, 0.2) is 0 Å². The number of amides is 2. The average Bonchev–Trinajstić information content (AvgIpc) is 2.96. The highest BCUT2D eigenvalue weighted by Crippen LogP contribution is 2.01. The number of nitrogens with one attached hydrogen (secondary N) is 2. The summed E-state index contributed by atoms with van der Waals surface area (Å²) in [4.78, 5) is 42.1. The Morgan fingerprint density at radius 2 is 2.24 bits per heavy atom. The summed E-state index contributed by atoms with van der Waals surface area (Å²) in [7, 11) is 1.21. The molecule has 0 fully saturated rings. The molecule has 2 amide bonds. The first-order valence-corrected chi connectivity index (χ1v) is 6.30. The van der Waals surface area contributed by atoms with Gasteiger partial charge >= 0.3 is 18.0 Å². The maximum Gasteiger partial charge on any atom is 0.326 e. The van der Waals surface area contributed by atoms with Crippen molar-refractivity contribution in [2.75, 3.05) is 20.2 Å². The van der Waals surface area contributed by atoms with Crippen molar-refractivity contribution in [2.45, 2.75) is 19.4 Å². The van der Waals surface area contributed by atoms with Crippen molar-refractivity contribution in [3.05, 3.63) is 18.2 Å². The number of aliphatic carboxylic acids is 1. The quantitative estimate of drug-likeness (QED) is 0.589. The standard InChI is InChI=1S/C12H18N4O5/c1-3-16(6-10(17)21-2)12(20)15-9(11(18)19)4-8-5-13-7-14-8/h5,7,9H,3-4,6H2,1-2H3,(H,13,14)(H,15,20)(H,18,19)/t9-/m0/s1. The van der Waals surface area contributed by atoms with Crippen LogP contribution in [0.4, 0.5) is 4.79 Å². The van der Waals surface area contributed by atoms with Gasteiger partial charge in [-0.2, -0.15) is 0 Å². The molecule has 0 spiro atoms. The highest BCUT2D eigenvalue weighted by atomic mass is 16.5. The van der Waals surface area contributed by atoms with Crippen LogP contribution in [-0.2, 0) is 20.7 Å². The van der Waals surface area contributed by atoms with E-state index >= 15 is 0 Å². The van der Waals surface area contributed by atoms with Crippen molar-refractivity contribution in [3.8, 4) is 0 Å². The number of esters is 1. The van der Waals surface area contributed by atoms with Gasteiger partial charge in [0.2, 0.25) is 0 Å². The van der Waals surface area contributed by atoms with Gasteiger partial charge < -0.3 is 25.0 Å². The van der Waals surface area contributed by atoms with E-state index in [4.69, 9.17) is 5.11 Å². The van der Waals surface area contributed by atoms with Crippen LogP contribution in [0.25, 0.3) is 0 Å². The second-order valence-corrected chi connectivity index (χ2v) is 4.21. The Bertz CT molecular complexity index is 488. The first kappa shape index (κ1) is 16.5. The van der Waals surface area contributed by atoms with Crippen molar-refractivity contribution in [1.29, 1.82) is 0 Å². The number of carboxylic acid groups (broad SMARTS) is 1. The molecule has 0 saturated heterocycles. The van der Waals surface area contributed by atoms with Crippen molar-refractivity contribution in [2.24, 2.45) is 0 Å². The topological polar surface area (TPSA) is 125 Å². The summed E-state index contributed by atoms with van der Waals surface area (Å²) in [5, 5.41) is 11.5. The lowest BCUT2D eigenvalue weighted by Gasteiger charge is -2.22. The third kappa shape index (κ3) is 5.13. The summed E-state index contributed by atoms with van der Waals surface area (Å²) in [6.07, 6.45) is 2.97. The minimum Gasteiger partial charge on any atom is -0.480 e. The smallest absolute Gasteiger partial charge is 0.326 e. The summed E-state index contributed by atoms with van der Waals surface area (Å²) >= 11 is 0. The fourth-order valence-electron chi connectivity index (χ4n) is 1.60. The van der Waals surface area contributed by atoms with Crippen molar-refractivity contribution < 1.29 is 24.2 Å². The number of hydrogen-bond donors (Lipinski definition) is 3. The molecule has 116 valence electrons. The van der Waals surface area contributed by atoms with Gasteiger partial charge in [0.25, 0.3) is 0 Å². The summed E-state index contributed by atoms with van der Waals surface area (Å²) in [5.74, 6) is -1.75. The zero-order valence-electron chi connectivity index (χ0n) is 11.8. The third-order valence-corrected chi connectivity index (χ3v) is 2.79. The van der Waals surface area contributed by atoms with Gasteiger partial charge in [0.05, 0.1) is 13.4 Å². The van der Waals surface area contributed by atoms with Crippen LogP contribution >= 0.6 is 0 Å². The number of H-pyrrole nitrogens is 1. The second kappa shape index (κ2) is 7.88. The molecule has 0 aromatic carbocycles. The van der Waals surface area contributed by atoms with E-state index in [1.165, 1.54) is 19.6 Å². The van der Waals surface area contributed by atoms with Gasteiger partial charge in [0, 0.05) is 24.9 Å². The van der Waals surface area contributed by atoms with E-state index in [1.54, 1.807) is 6.92 Å². The summed E-state index contributed by atoms with van der Waals surface area (Å²) in [6, 6.07) is -1.76. The van der Waals surface area contributed by atoms with E-state index in [-0.39, 0.29) is 19.5 Å². The number of ether oxygens (including phenoxy) is 1. The van der Waals surface area contributed by atoms with Crippen LogP contribution < -0.4 is 5.32 Å². The molecule has 0 unspecified atom stereocenters. The Balaban J connectivity index is 2.66. The number of imidazole rings is 1. The summed E-state index contributed by atoms with van der Waals surface area (Å²) in [5.41, 5.74) is 0.582. The molecule has 3 N–H and O–H groups in total. The molecule has 0 aliphatic carbocycles. The Labute approximate surface area is 121 Å². The predicted molar refractivity (Wildman–Crippen MR) is 71.5 cm³/mol. The minimum atomic E-state index is -1.17. The van der Waals surface area contributed by atoms with Gasteiger partial charge in [-0.1, -0.05) is 0 Å². The summed E-state index contributed by atoms with van der Waals surface area (Å²) < 4.78 is 4.48. The van der Waals surface area contributed by atoms with Gasteiger partial charge in [0.1, 0.15) is 12.6 Å². The van der Waals surface area contributed by atoms with E-state index in [0.29, 0.717) is 5.69 Å². The van der Waals surface area contributed by atoms with E-state index < -0.39 is 24.0 Å². The second-order valence-electron chi connectivity index (χ2n) is 4.21. The minimum absolute atomic E-state index is 0.0663. The zero-order chi connectivity index (χ0) is 15.8. The molecular weight excluding hydrogens is 280 g/mol. The molecule has 1 heterocycles. The van der Waals surface area contributed by atoms with Crippen molar-refractivity contribution in [1.82, 2.24) is 20.2 Å². The Morgan fingerprint density at radius 1 is 1.52 bits per heavy atom. The van der Waals surface area contributed by atoms with Gasteiger partial charge in [-0.15, -0.1) is 0 Å². The van der Waals surface area contributed by atoms with Crippen LogP contribution in [0, 0.1) is 0 Å². The van der Waals surface area contributed by atoms with Crippen LogP contribution in [0.5, 0.6) is 0 Å². The van der Waals surface area contributed by atoms with Gasteiger partial charge in [-0.25, -0.2) is 14.6 Å². The molecule has 9 nitrogen and oxygen atoms in total. The lowest BCUT2D eigenvalue weighted by atomic mass is 10.1. The zero-order valence-corrected chi connectivity index (χ0v) is 11.8. The number of nitrogens with zero attached hydrogens (tertiary/aromatic N) is 2. The molecule has 21 heavy (non-hydrogen) atoms. The molecule has 0 radical (unpaired) electrons. The lowest BCUT2D eigenvalue weighted by molar-refractivity contribution is -0.141. The van der Waals surface area contributed by atoms with Crippen LogP contribution in [0.1, 0.15) is 12.6 Å². The van der Waals surface area contributed by atoms with Crippen LogP contribution in [0.15, 0.2) is 12.5 Å². The van der Waals surface area contributed by atoms with Crippen molar-refractivity contribution in [3.63, 3.8) is 0 Å². The molecule has 0 saturated carbocycles. The van der Waals surface area contributed by atoms with Crippen molar-refractivity contribution >= 4 is 18.0 Å². The molecule has 1 rings (SSSR count). The first-order valence-electron chi connectivity index (χ1n) is 6.30. The molecule has 0 bridgehead atoms. The molecule has 1 atom stereocenters. The number of carbonyl (C=O) groups is 3. The maximum atomic E-state index is 12.0. The first-order chi connectivity index (χ1) is 9.97. The monoisotopic (exact) mass is 298 g/mol. The lowest BCUT2D eigenvalue weighted by Crippen LogP contribution is -2.50. The molecule has 0 aliphatic rings. The number of rotatable bonds is 7. The molecule has 1 aromatic rings. The number of methoxy groups -OCH3 is 1. The molecule has 9 heteroatoms. The number of aromatic amines is 1. The Morgan fingerprint density at radius 3 is 2.71 bits per heavy atom.